The molecule has 1 unspecified atom stereocenters. The van der Waals surface area contributed by atoms with Gasteiger partial charge in [-0.1, -0.05) is 0 Å². The van der Waals surface area contributed by atoms with E-state index < -0.39 is 31.6 Å². The highest BCUT2D eigenvalue weighted by molar-refractivity contribution is 7.89. The molecule has 21 heavy (non-hydrogen) atoms. The number of furan rings is 1. The van der Waals surface area contributed by atoms with Crippen molar-refractivity contribution in [3.63, 3.8) is 0 Å². The number of nitrogens with two attached hydrogens (primary N) is 1. The maximum absolute atomic E-state index is 12.3. The Hall–Kier alpha value is -2.39. The lowest BCUT2D eigenvalue weighted by Crippen LogP contribution is -2.27. The number of nitrogens with one attached hydrogen (secondary N) is 1. The number of hydrogen-bond acceptors (Lipinski definition) is 6. The van der Waals surface area contributed by atoms with Gasteiger partial charge in [0.2, 0.25) is 10.0 Å². The highest BCUT2D eigenvalue weighted by atomic mass is 32.2. The summed E-state index contributed by atoms with van der Waals surface area (Å²) >= 11 is 0. The van der Waals surface area contributed by atoms with Crippen molar-refractivity contribution in [3.8, 4) is 0 Å². The number of benzene rings is 1. The zero-order valence-electron chi connectivity index (χ0n) is 11.0. The van der Waals surface area contributed by atoms with Gasteiger partial charge in [-0.25, -0.2) is 13.1 Å². The maximum Gasteiger partial charge on any atom is 0.289 e. The second-order valence-corrected chi connectivity index (χ2v) is 6.03. The molecule has 8 nitrogen and oxygen atoms in total. The molecule has 1 heterocycles. The Morgan fingerprint density at radius 3 is 2.67 bits per heavy atom. The number of sulfonamides is 1. The maximum atomic E-state index is 12.3. The van der Waals surface area contributed by atoms with E-state index >= 15 is 0 Å². The number of nitrogens with zero attached hydrogens (tertiary/aromatic N) is 1. The molecule has 0 bridgehead atoms. The van der Waals surface area contributed by atoms with E-state index in [1.807, 2.05) is 0 Å². The van der Waals surface area contributed by atoms with Crippen molar-refractivity contribution in [1.29, 1.82) is 0 Å². The summed E-state index contributed by atoms with van der Waals surface area (Å²) in [6, 6.07) is 5.92. The average Bonchev–Trinajstić information content (AvgIpc) is 2.91. The number of nitro benzene ring substituents is 1. The van der Waals surface area contributed by atoms with Gasteiger partial charge in [0, 0.05) is 11.8 Å². The van der Waals surface area contributed by atoms with Crippen LogP contribution in [-0.4, -0.2) is 13.3 Å². The third-order valence-corrected chi connectivity index (χ3v) is 4.34. The van der Waals surface area contributed by atoms with Crippen molar-refractivity contribution in [2.45, 2.75) is 17.9 Å². The molecule has 0 saturated carbocycles. The van der Waals surface area contributed by atoms with Crippen molar-refractivity contribution >= 4 is 21.4 Å². The molecule has 0 saturated heterocycles. The fraction of sp³-hybridized carbons (Fsp3) is 0.167. The quantitative estimate of drug-likeness (QED) is 0.492. The molecule has 0 aliphatic carbocycles. The van der Waals surface area contributed by atoms with Crippen LogP contribution in [0.2, 0.25) is 0 Å². The lowest BCUT2D eigenvalue weighted by Gasteiger charge is -2.12. The van der Waals surface area contributed by atoms with Gasteiger partial charge in [0.05, 0.1) is 17.2 Å². The first-order valence-electron chi connectivity index (χ1n) is 5.91. The Balaban J connectivity index is 2.40. The van der Waals surface area contributed by atoms with Crippen molar-refractivity contribution in [2.75, 3.05) is 5.73 Å². The van der Waals surface area contributed by atoms with Crippen LogP contribution >= 0.6 is 0 Å². The molecule has 1 aromatic heterocycles. The molecule has 9 heteroatoms. The van der Waals surface area contributed by atoms with Gasteiger partial charge in [-0.3, -0.25) is 10.1 Å². The van der Waals surface area contributed by atoms with Crippen LogP contribution in [0.15, 0.2) is 45.9 Å². The molecule has 0 radical (unpaired) electrons. The Bertz CT molecular complexity index is 755. The van der Waals surface area contributed by atoms with E-state index in [9.17, 15) is 18.5 Å². The highest BCUT2D eigenvalue weighted by Crippen LogP contribution is 2.27. The van der Waals surface area contributed by atoms with Gasteiger partial charge in [0.25, 0.3) is 5.69 Å². The summed E-state index contributed by atoms with van der Waals surface area (Å²) in [4.78, 5) is 9.70. The minimum atomic E-state index is -4.12. The zero-order chi connectivity index (χ0) is 15.6. The second kappa shape index (κ2) is 5.54. The van der Waals surface area contributed by atoms with Gasteiger partial charge in [-0.15, -0.1) is 0 Å². The zero-order valence-corrected chi connectivity index (χ0v) is 11.8. The molecule has 2 rings (SSSR count). The Kier molecular flexibility index (Phi) is 3.96. The minimum absolute atomic E-state index is 0.117. The molecule has 1 atom stereocenters. The summed E-state index contributed by atoms with van der Waals surface area (Å²) in [5.74, 6) is 0.394. The van der Waals surface area contributed by atoms with Gasteiger partial charge >= 0.3 is 0 Å². The van der Waals surface area contributed by atoms with Gasteiger partial charge in [0.1, 0.15) is 5.76 Å². The third-order valence-electron chi connectivity index (χ3n) is 2.77. The summed E-state index contributed by atoms with van der Waals surface area (Å²) in [5, 5.41) is 10.9. The van der Waals surface area contributed by atoms with Crippen molar-refractivity contribution in [1.82, 2.24) is 4.72 Å². The number of anilines is 1. The lowest BCUT2D eigenvalue weighted by molar-refractivity contribution is -0.387. The van der Waals surface area contributed by atoms with Crippen LogP contribution in [0.25, 0.3) is 0 Å². The van der Waals surface area contributed by atoms with Crippen molar-refractivity contribution in [3.05, 3.63) is 52.5 Å². The van der Waals surface area contributed by atoms with Crippen LogP contribution in [-0.2, 0) is 10.0 Å². The van der Waals surface area contributed by atoms with Gasteiger partial charge in [0.15, 0.2) is 4.90 Å². The minimum Gasteiger partial charge on any atom is -0.468 e. The van der Waals surface area contributed by atoms with Gasteiger partial charge in [-0.2, -0.15) is 0 Å². The fourth-order valence-corrected chi connectivity index (χ4v) is 3.21. The molecule has 0 spiro atoms. The van der Waals surface area contributed by atoms with Crippen molar-refractivity contribution < 1.29 is 17.8 Å². The predicted octanol–water partition coefficient (Wildman–Crippen LogP) is 1.81. The lowest BCUT2D eigenvalue weighted by atomic mass is 10.3. The number of nitrogen functional groups attached to an aromatic ring is 1. The van der Waals surface area contributed by atoms with Crippen LogP contribution < -0.4 is 10.5 Å². The summed E-state index contributed by atoms with van der Waals surface area (Å²) in [6.45, 7) is 1.56. The molecule has 0 aliphatic heterocycles. The smallest absolute Gasteiger partial charge is 0.289 e. The standard InChI is InChI=1S/C12H13N3O5S/c1-8(11-3-2-6-20-11)14-21(18,19)12-7-9(13)4-5-10(12)15(16)17/h2-8,14H,13H2,1H3. The fourth-order valence-electron chi connectivity index (χ4n) is 1.79. The van der Waals surface area contributed by atoms with Crippen LogP contribution in [0.5, 0.6) is 0 Å². The van der Waals surface area contributed by atoms with E-state index in [2.05, 4.69) is 4.72 Å². The first-order valence-corrected chi connectivity index (χ1v) is 7.39. The molecular formula is C12H13N3O5S. The van der Waals surface area contributed by atoms with Crippen LogP contribution in [0, 0.1) is 10.1 Å². The molecule has 0 fully saturated rings. The summed E-state index contributed by atoms with van der Waals surface area (Å²) in [5.41, 5.74) is 5.10. The van der Waals surface area contributed by atoms with Crippen LogP contribution in [0.3, 0.4) is 0 Å². The second-order valence-electron chi connectivity index (χ2n) is 4.34. The first kappa shape index (κ1) is 15.0. The number of rotatable bonds is 5. The normalized spacial score (nSPS) is 13.0. The van der Waals surface area contributed by atoms with E-state index in [4.69, 9.17) is 10.2 Å². The molecular weight excluding hydrogens is 298 g/mol. The number of hydrogen-bond donors (Lipinski definition) is 2. The summed E-state index contributed by atoms with van der Waals surface area (Å²) in [6.07, 6.45) is 1.41. The molecule has 112 valence electrons. The van der Waals surface area contributed by atoms with Crippen molar-refractivity contribution in [2.24, 2.45) is 0 Å². The highest BCUT2D eigenvalue weighted by Gasteiger charge is 2.28. The van der Waals surface area contributed by atoms with E-state index in [0.717, 1.165) is 12.1 Å². The predicted molar refractivity (Wildman–Crippen MR) is 75.0 cm³/mol. The van der Waals surface area contributed by atoms with Crippen LogP contribution in [0.4, 0.5) is 11.4 Å². The Labute approximate surface area is 120 Å². The van der Waals surface area contributed by atoms with Gasteiger partial charge < -0.3 is 10.2 Å². The Morgan fingerprint density at radius 2 is 2.10 bits per heavy atom. The first-order chi connectivity index (χ1) is 9.81. The Morgan fingerprint density at radius 1 is 1.38 bits per heavy atom. The largest absolute Gasteiger partial charge is 0.468 e. The topological polar surface area (TPSA) is 128 Å². The molecule has 3 N–H and O–H groups in total. The molecule has 1 aromatic carbocycles. The van der Waals surface area contributed by atoms with Crippen LogP contribution in [0.1, 0.15) is 18.7 Å². The van der Waals surface area contributed by atoms with E-state index in [1.54, 1.807) is 19.1 Å². The average molecular weight is 311 g/mol. The van der Waals surface area contributed by atoms with E-state index in [0.29, 0.717) is 5.76 Å². The summed E-state index contributed by atoms with van der Waals surface area (Å²) < 4.78 is 32.0. The number of nitro groups is 1. The molecule has 0 aliphatic rings. The van der Waals surface area contributed by atoms with Gasteiger partial charge in [-0.05, 0) is 31.2 Å². The molecule has 0 amide bonds. The summed E-state index contributed by atoms with van der Waals surface area (Å²) in [7, 11) is -4.12. The molecule has 2 aromatic rings. The SMILES string of the molecule is CC(NS(=O)(=O)c1cc(N)ccc1[N+](=O)[O-])c1ccco1. The monoisotopic (exact) mass is 311 g/mol. The van der Waals surface area contributed by atoms with E-state index in [1.165, 1.54) is 12.3 Å². The van der Waals surface area contributed by atoms with E-state index in [-0.39, 0.29) is 5.69 Å². The third kappa shape index (κ3) is 3.20.